The number of benzene rings is 6. The molecule has 0 unspecified atom stereocenters. The van der Waals surface area contributed by atoms with Gasteiger partial charge in [0.2, 0.25) is 0 Å². The third-order valence-electron chi connectivity index (χ3n) is 7.65. The Balaban J connectivity index is 1.77. The summed E-state index contributed by atoms with van der Waals surface area (Å²) in [6.45, 7) is 4.74. The minimum Gasteiger partial charge on any atom is -0.0619 e. The van der Waals surface area contributed by atoms with Crippen LogP contribution in [0.2, 0.25) is 0 Å². The minimum atomic E-state index is -0.0540. The molecular formula is C33H24. The van der Waals surface area contributed by atoms with Gasteiger partial charge in [0.15, 0.2) is 0 Å². The van der Waals surface area contributed by atoms with Crippen LogP contribution in [-0.4, -0.2) is 0 Å². The molecule has 0 saturated carbocycles. The molecule has 1 aliphatic rings. The standard InChI is InChI=1S/C33H24/c1-33(2)28-19-8-7-16-26(28)31-25-15-6-5-14-24(25)30(27-18-10-20-29(33)32(27)31)23-17-9-12-21-11-3-4-13-22(21)23/h3-20H,1-2H3. The Morgan fingerprint density at radius 1 is 0.424 bits per heavy atom. The van der Waals surface area contributed by atoms with E-state index in [4.69, 9.17) is 0 Å². The van der Waals surface area contributed by atoms with Crippen molar-refractivity contribution in [1.82, 2.24) is 0 Å². The fraction of sp³-hybridized carbons (Fsp3) is 0.0909. The highest BCUT2D eigenvalue weighted by atomic mass is 14.4. The van der Waals surface area contributed by atoms with E-state index in [-0.39, 0.29) is 5.41 Å². The molecule has 0 aromatic heterocycles. The first-order valence-corrected chi connectivity index (χ1v) is 11.7. The van der Waals surface area contributed by atoms with Crippen LogP contribution in [-0.2, 0) is 5.41 Å². The van der Waals surface area contributed by atoms with Gasteiger partial charge in [-0.3, -0.25) is 0 Å². The van der Waals surface area contributed by atoms with Crippen molar-refractivity contribution in [3.63, 3.8) is 0 Å². The largest absolute Gasteiger partial charge is 0.0619 e. The highest BCUT2D eigenvalue weighted by molar-refractivity contribution is 6.25. The van der Waals surface area contributed by atoms with Crippen LogP contribution in [0, 0.1) is 0 Å². The van der Waals surface area contributed by atoms with Gasteiger partial charge in [-0.1, -0.05) is 123 Å². The predicted molar refractivity (Wildman–Crippen MR) is 142 cm³/mol. The molecule has 6 aromatic carbocycles. The Morgan fingerprint density at radius 3 is 1.82 bits per heavy atom. The lowest BCUT2D eigenvalue weighted by Gasteiger charge is -2.36. The molecule has 0 N–H and O–H groups in total. The summed E-state index contributed by atoms with van der Waals surface area (Å²) in [6, 6.07) is 40.3. The Labute approximate surface area is 194 Å². The highest BCUT2D eigenvalue weighted by Crippen LogP contribution is 2.53. The Morgan fingerprint density at radius 2 is 0.970 bits per heavy atom. The normalized spacial score (nSPS) is 14.0. The number of hydrogen-bond donors (Lipinski definition) is 0. The molecule has 0 spiro atoms. The molecule has 156 valence electrons. The zero-order valence-corrected chi connectivity index (χ0v) is 18.9. The second kappa shape index (κ2) is 6.56. The second-order valence-electron chi connectivity index (χ2n) is 9.72. The number of rotatable bonds is 1. The van der Waals surface area contributed by atoms with Crippen LogP contribution in [0.15, 0.2) is 109 Å². The van der Waals surface area contributed by atoms with Crippen molar-refractivity contribution in [3.05, 3.63) is 120 Å². The molecular weight excluding hydrogens is 396 g/mol. The van der Waals surface area contributed by atoms with Gasteiger partial charge >= 0.3 is 0 Å². The lowest BCUT2D eigenvalue weighted by atomic mass is 9.67. The summed E-state index contributed by atoms with van der Waals surface area (Å²) in [5.74, 6) is 0. The van der Waals surface area contributed by atoms with Gasteiger partial charge in [-0.05, 0) is 65.7 Å². The SMILES string of the molecule is CC1(C)c2ccccc2-c2c3ccccc3c(-c3cccc4ccccc34)c3cccc1c23. The summed E-state index contributed by atoms with van der Waals surface area (Å²) in [4.78, 5) is 0. The van der Waals surface area contributed by atoms with E-state index in [1.807, 2.05) is 0 Å². The van der Waals surface area contributed by atoms with Crippen LogP contribution >= 0.6 is 0 Å². The maximum atomic E-state index is 2.37. The first kappa shape index (κ1) is 18.7. The van der Waals surface area contributed by atoms with E-state index in [1.54, 1.807) is 0 Å². The molecule has 0 aliphatic heterocycles. The third kappa shape index (κ3) is 2.41. The zero-order valence-electron chi connectivity index (χ0n) is 18.9. The van der Waals surface area contributed by atoms with Crippen LogP contribution in [0.3, 0.4) is 0 Å². The average molecular weight is 421 g/mol. The molecule has 0 heterocycles. The first-order chi connectivity index (χ1) is 16.2. The molecule has 0 saturated heterocycles. The van der Waals surface area contributed by atoms with Crippen LogP contribution < -0.4 is 0 Å². The quantitative estimate of drug-likeness (QED) is 0.233. The van der Waals surface area contributed by atoms with Gasteiger partial charge < -0.3 is 0 Å². The van der Waals surface area contributed by atoms with Crippen LogP contribution in [0.4, 0.5) is 0 Å². The van der Waals surface area contributed by atoms with E-state index >= 15 is 0 Å². The molecule has 0 fully saturated rings. The summed E-state index contributed by atoms with van der Waals surface area (Å²) in [5.41, 5.74) is 8.18. The van der Waals surface area contributed by atoms with Crippen molar-refractivity contribution in [1.29, 1.82) is 0 Å². The van der Waals surface area contributed by atoms with Gasteiger partial charge in [0.25, 0.3) is 0 Å². The van der Waals surface area contributed by atoms with E-state index in [9.17, 15) is 0 Å². The fourth-order valence-electron chi connectivity index (χ4n) is 6.15. The third-order valence-corrected chi connectivity index (χ3v) is 7.65. The smallest absolute Gasteiger partial charge is 0.0159 e. The van der Waals surface area contributed by atoms with Gasteiger partial charge in [0, 0.05) is 5.41 Å². The molecule has 1 aliphatic carbocycles. The van der Waals surface area contributed by atoms with Crippen molar-refractivity contribution >= 4 is 32.3 Å². The molecule has 33 heavy (non-hydrogen) atoms. The van der Waals surface area contributed by atoms with Crippen molar-refractivity contribution in [3.8, 4) is 22.3 Å². The Hall–Kier alpha value is -3.90. The number of fused-ring (bicyclic) bond motifs is 5. The molecule has 0 amide bonds. The summed E-state index contributed by atoms with van der Waals surface area (Å²) in [7, 11) is 0. The predicted octanol–water partition coefficient (Wildman–Crippen LogP) is 9.12. The zero-order chi connectivity index (χ0) is 22.2. The van der Waals surface area contributed by atoms with Crippen molar-refractivity contribution in [2.45, 2.75) is 19.3 Å². The van der Waals surface area contributed by atoms with Gasteiger partial charge in [0.1, 0.15) is 0 Å². The average Bonchev–Trinajstić information content (AvgIpc) is 2.86. The van der Waals surface area contributed by atoms with Gasteiger partial charge in [-0.15, -0.1) is 0 Å². The topological polar surface area (TPSA) is 0 Å². The lowest BCUT2D eigenvalue weighted by molar-refractivity contribution is 0.645. The fourth-order valence-corrected chi connectivity index (χ4v) is 6.15. The van der Waals surface area contributed by atoms with E-state index in [0.717, 1.165) is 0 Å². The van der Waals surface area contributed by atoms with E-state index in [1.165, 1.54) is 65.7 Å². The monoisotopic (exact) mass is 420 g/mol. The van der Waals surface area contributed by atoms with E-state index in [0.29, 0.717) is 0 Å². The van der Waals surface area contributed by atoms with Crippen molar-refractivity contribution in [2.75, 3.05) is 0 Å². The number of hydrogen-bond acceptors (Lipinski definition) is 0. The van der Waals surface area contributed by atoms with Gasteiger partial charge in [-0.2, -0.15) is 0 Å². The van der Waals surface area contributed by atoms with E-state index < -0.39 is 0 Å². The van der Waals surface area contributed by atoms with E-state index in [2.05, 4.69) is 123 Å². The maximum absolute atomic E-state index is 2.37. The molecule has 0 atom stereocenters. The van der Waals surface area contributed by atoms with Gasteiger partial charge in [-0.25, -0.2) is 0 Å². The summed E-state index contributed by atoms with van der Waals surface area (Å²) >= 11 is 0. The van der Waals surface area contributed by atoms with Crippen LogP contribution in [0.1, 0.15) is 25.0 Å². The Kier molecular flexibility index (Phi) is 3.71. The molecule has 0 nitrogen and oxygen atoms in total. The van der Waals surface area contributed by atoms with Gasteiger partial charge in [0.05, 0.1) is 0 Å². The lowest BCUT2D eigenvalue weighted by Crippen LogP contribution is -2.23. The summed E-state index contributed by atoms with van der Waals surface area (Å²) in [6.07, 6.45) is 0. The second-order valence-corrected chi connectivity index (χ2v) is 9.72. The molecule has 7 rings (SSSR count). The van der Waals surface area contributed by atoms with Crippen LogP contribution in [0.5, 0.6) is 0 Å². The minimum absolute atomic E-state index is 0.0540. The molecule has 0 heteroatoms. The summed E-state index contributed by atoms with van der Waals surface area (Å²) < 4.78 is 0. The van der Waals surface area contributed by atoms with Crippen molar-refractivity contribution < 1.29 is 0 Å². The molecule has 0 bridgehead atoms. The Bertz CT molecular complexity index is 1730. The maximum Gasteiger partial charge on any atom is 0.0159 e. The molecule has 6 aromatic rings. The van der Waals surface area contributed by atoms with Crippen LogP contribution in [0.25, 0.3) is 54.6 Å². The highest BCUT2D eigenvalue weighted by Gasteiger charge is 2.34. The molecule has 0 radical (unpaired) electrons. The first-order valence-electron chi connectivity index (χ1n) is 11.7. The van der Waals surface area contributed by atoms with Crippen molar-refractivity contribution in [2.24, 2.45) is 0 Å². The summed E-state index contributed by atoms with van der Waals surface area (Å²) in [5, 5.41) is 8.00.